The molecule has 0 saturated carbocycles. The van der Waals surface area contributed by atoms with E-state index in [1.54, 1.807) is 30.3 Å². The Labute approximate surface area is 169 Å². The van der Waals surface area contributed by atoms with Gasteiger partial charge in [-0.2, -0.15) is 0 Å². The van der Waals surface area contributed by atoms with Crippen LogP contribution in [0.1, 0.15) is 12.0 Å². The van der Waals surface area contributed by atoms with Gasteiger partial charge < -0.3 is 19.5 Å². The summed E-state index contributed by atoms with van der Waals surface area (Å²) in [6.07, 6.45) is -0.355. The monoisotopic (exact) mass is 421 g/mol. The Morgan fingerprint density at radius 3 is 2.31 bits per heavy atom. The molecule has 0 spiro atoms. The number of sulfone groups is 1. The van der Waals surface area contributed by atoms with Gasteiger partial charge in [0.15, 0.2) is 16.4 Å². The number of benzene rings is 2. The number of ether oxygens (including phenoxy) is 3. The SMILES string of the molecule is COc1ccc(OC)c(NC(=O)COC(=O)CCS(=O)(=O)c2ccc(C)cc2)c1. The number of methoxy groups -OCH3 is 2. The van der Waals surface area contributed by atoms with E-state index in [4.69, 9.17) is 14.2 Å². The fourth-order valence-electron chi connectivity index (χ4n) is 2.40. The Kier molecular flexibility index (Phi) is 7.60. The lowest BCUT2D eigenvalue weighted by Crippen LogP contribution is -2.22. The molecule has 0 aliphatic carbocycles. The van der Waals surface area contributed by atoms with Crippen molar-refractivity contribution in [3.8, 4) is 11.5 Å². The summed E-state index contributed by atoms with van der Waals surface area (Å²) in [6.45, 7) is 1.30. The van der Waals surface area contributed by atoms with Gasteiger partial charge in [-0.05, 0) is 31.2 Å². The minimum Gasteiger partial charge on any atom is -0.497 e. The van der Waals surface area contributed by atoms with Crippen molar-refractivity contribution >= 4 is 27.4 Å². The quantitative estimate of drug-likeness (QED) is 0.619. The molecule has 1 N–H and O–H groups in total. The summed E-state index contributed by atoms with van der Waals surface area (Å²) in [7, 11) is -0.671. The molecule has 0 saturated heterocycles. The Morgan fingerprint density at radius 2 is 1.69 bits per heavy atom. The van der Waals surface area contributed by atoms with Crippen LogP contribution in [-0.2, 0) is 24.2 Å². The molecule has 156 valence electrons. The number of anilines is 1. The van der Waals surface area contributed by atoms with Gasteiger partial charge in [0.2, 0.25) is 0 Å². The van der Waals surface area contributed by atoms with Crippen molar-refractivity contribution in [3.05, 3.63) is 48.0 Å². The minimum atomic E-state index is -3.61. The van der Waals surface area contributed by atoms with Crippen LogP contribution in [0.5, 0.6) is 11.5 Å². The number of amides is 1. The predicted molar refractivity (Wildman–Crippen MR) is 107 cm³/mol. The molecule has 0 aliphatic rings. The van der Waals surface area contributed by atoms with E-state index in [0.717, 1.165) is 5.56 Å². The molecule has 2 aromatic rings. The van der Waals surface area contributed by atoms with Crippen molar-refractivity contribution in [1.82, 2.24) is 0 Å². The molecule has 0 aromatic heterocycles. The summed E-state index contributed by atoms with van der Waals surface area (Å²) >= 11 is 0. The van der Waals surface area contributed by atoms with E-state index in [2.05, 4.69) is 5.32 Å². The fraction of sp³-hybridized carbons (Fsp3) is 0.300. The summed E-state index contributed by atoms with van der Waals surface area (Å²) in [5, 5.41) is 2.56. The number of nitrogens with one attached hydrogen (secondary N) is 1. The van der Waals surface area contributed by atoms with Crippen LogP contribution in [0.4, 0.5) is 5.69 Å². The first-order valence-corrected chi connectivity index (χ1v) is 10.4. The predicted octanol–water partition coefficient (Wildman–Crippen LogP) is 2.36. The average molecular weight is 421 g/mol. The smallest absolute Gasteiger partial charge is 0.307 e. The van der Waals surface area contributed by atoms with Crippen LogP contribution in [0, 0.1) is 6.92 Å². The van der Waals surface area contributed by atoms with Gasteiger partial charge in [0.1, 0.15) is 11.5 Å². The number of hydrogen-bond donors (Lipinski definition) is 1. The van der Waals surface area contributed by atoms with Crippen molar-refractivity contribution < 1.29 is 32.2 Å². The molecule has 2 rings (SSSR count). The molecule has 0 bridgehead atoms. The molecule has 9 heteroatoms. The van der Waals surface area contributed by atoms with Crippen molar-refractivity contribution in [1.29, 1.82) is 0 Å². The van der Waals surface area contributed by atoms with E-state index >= 15 is 0 Å². The zero-order chi connectivity index (χ0) is 21.4. The second kappa shape index (κ2) is 9.92. The molecule has 0 fully saturated rings. The molecule has 0 radical (unpaired) electrons. The topological polar surface area (TPSA) is 108 Å². The summed E-state index contributed by atoms with van der Waals surface area (Å²) < 4.78 is 39.6. The zero-order valence-corrected chi connectivity index (χ0v) is 17.2. The van der Waals surface area contributed by atoms with Crippen LogP contribution in [0.3, 0.4) is 0 Å². The standard InChI is InChI=1S/C20H23NO7S/c1-14-4-7-16(8-5-14)29(24,25)11-10-20(23)28-13-19(22)21-17-12-15(26-2)6-9-18(17)27-3/h4-9,12H,10-11,13H2,1-3H3,(H,21,22). The van der Waals surface area contributed by atoms with Gasteiger partial charge in [-0.15, -0.1) is 0 Å². The molecule has 29 heavy (non-hydrogen) atoms. The number of carbonyl (C=O) groups excluding carboxylic acids is 2. The molecule has 0 unspecified atom stereocenters. The van der Waals surface area contributed by atoms with Crippen LogP contribution in [0.25, 0.3) is 0 Å². The first kappa shape index (κ1) is 22.2. The Morgan fingerprint density at radius 1 is 1.00 bits per heavy atom. The summed E-state index contributed by atoms with van der Waals surface area (Å²) in [6, 6.07) is 11.2. The molecule has 8 nitrogen and oxygen atoms in total. The first-order chi connectivity index (χ1) is 13.7. The maximum absolute atomic E-state index is 12.2. The van der Waals surface area contributed by atoms with Crippen LogP contribution < -0.4 is 14.8 Å². The Bertz CT molecular complexity index is 969. The van der Waals surface area contributed by atoms with E-state index in [9.17, 15) is 18.0 Å². The highest BCUT2D eigenvalue weighted by Crippen LogP contribution is 2.28. The van der Waals surface area contributed by atoms with E-state index in [1.165, 1.54) is 26.4 Å². The average Bonchev–Trinajstić information content (AvgIpc) is 2.71. The summed E-state index contributed by atoms with van der Waals surface area (Å²) in [5.41, 5.74) is 1.29. The van der Waals surface area contributed by atoms with Crippen LogP contribution >= 0.6 is 0 Å². The third kappa shape index (κ3) is 6.49. The maximum atomic E-state index is 12.2. The molecule has 1 amide bonds. The van der Waals surface area contributed by atoms with E-state index in [0.29, 0.717) is 17.2 Å². The number of aryl methyl sites for hydroxylation is 1. The van der Waals surface area contributed by atoms with Gasteiger partial charge in [0.25, 0.3) is 5.91 Å². The lowest BCUT2D eigenvalue weighted by Gasteiger charge is -2.12. The molecule has 0 atom stereocenters. The third-order valence-corrected chi connectivity index (χ3v) is 5.73. The molecule has 2 aromatic carbocycles. The van der Waals surface area contributed by atoms with Gasteiger partial charge >= 0.3 is 5.97 Å². The summed E-state index contributed by atoms with van der Waals surface area (Å²) in [5.74, 6) is -0.853. The lowest BCUT2D eigenvalue weighted by atomic mass is 10.2. The van der Waals surface area contributed by atoms with Crippen molar-refractivity contribution in [2.75, 3.05) is 31.9 Å². The highest BCUT2D eigenvalue weighted by Gasteiger charge is 2.18. The highest BCUT2D eigenvalue weighted by molar-refractivity contribution is 7.91. The summed E-state index contributed by atoms with van der Waals surface area (Å²) in [4.78, 5) is 24.0. The van der Waals surface area contributed by atoms with Gasteiger partial charge in [0, 0.05) is 6.07 Å². The molecule has 0 heterocycles. The molecular weight excluding hydrogens is 398 g/mol. The second-order valence-electron chi connectivity index (χ2n) is 6.16. The van der Waals surface area contributed by atoms with E-state index in [1.807, 2.05) is 6.92 Å². The Hall–Kier alpha value is -3.07. The van der Waals surface area contributed by atoms with E-state index < -0.39 is 34.1 Å². The number of esters is 1. The number of rotatable bonds is 9. The van der Waals surface area contributed by atoms with Crippen LogP contribution in [-0.4, -0.2) is 46.9 Å². The third-order valence-electron chi connectivity index (χ3n) is 4.00. The molecular formula is C20H23NO7S. The maximum Gasteiger partial charge on any atom is 0.307 e. The van der Waals surface area contributed by atoms with Crippen LogP contribution in [0.2, 0.25) is 0 Å². The van der Waals surface area contributed by atoms with Gasteiger partial charge in [0.05, 0.1) is 37.0 Å². The van der Waals surface area contributed by atoms with Crippen LogP contribution in [0.15, 0.2) is 47.4 Å². The van der Waals surface area contributed by atoms with Crippen molar-refractivity contribution in [2.24, 2.45) is 0 Å². The van der Waals surface area contributed by atoms with Gasteiger partial charge in [-0.1, -0.05) is 17.7 Å². The Balaban J connectivity index is 1.86. The number of hydrogen-bond acceptors (Lipinski definition) is 7. The zero-order valence-electron chi connectivity index (χ0n) is 16.4. The fourth-order valence-corrected chi connectivity index (χ4v) is 3.62. The largest absolute Gasteiger partial charge is 0.497 e. The molecule has 0 aliphatic heterocycles. The van der Waals surface area contributed by atoms with Crippen molar-refractivity contribution in [3.63, 3.8) is 0 Å². The lowest BCUT2D eigenvalue weighted by molar-refractivity contribution is -0.146. The minimum absolute atomic E-state index is 0.138. The van der Waals surface area contributed by atoms with E-state index in [-0.39, 0.29) is 11.3 Å². The second-order valence-corrected chi connectivity index (χ2v) is 8.27. The van der Waals surface area contributed by atoms with Gasteiger partial charge in [-0.25, -0.2) is 8.42 Å². The van der Waals surface area contributed by atoms with Gasteiger partial charge in [-0.3, -0.25) is 9.59 Å². The first-order valence-electron chi connectivity index (χ1n) is 8.72. The normalized spacial score (nSPS) is 10.9. The highest BCUT2D eigenvalue weighted by atomic mass is 32.2. The number of carbonyl (C=O) groups is 2. The van der Waals surface area contributed by atoms with Crippen molar-refractivity contribution in [2.45, 2.75) is 18.2 Å².